The molecule has 1 aliphatic heterocycles. The van der Waals surface area contributed by atoms with E-state index in [4.69, 9.17) is 0 Å². The van der Waals surface area contributed by atoms with Crippen LogP contribution in [0.4, 0.5) is 0 Å². The van der Waals surface area contributed by atoms with Gasteiger partial charge in [0.2, 0.25) is 0 Å². The highest BCUT2D eigenvalue weighted by Crippen LogP contribution is 2.18. The van der Waals surface area contributed by atoms with Gasteiger partial charge in [-0.15, -0.1) is 0 Å². The summed E-state index contributed by atoms with van der Waals surface area (Å²) in [5.74, 6) is 0. The molecule has 0 atom stereocenters. The quantitative estimate of drug-likeness (QED) is 0.405. The second-order valence-corrected chi connectivity index (χ2v) is 2.44. The Labute approximate surface area is 58.2 Å². The third kappa shape index (κ3) is 0.952. The van der Waals surface area contributed by atoms with E-state index in [1.807, 2.05) is 28.1 Å². The van der Waals surface area contributed by atoms with Gasteiger partial charge in [-0.2, -0.15) is 0 Å². The summed E-state index contributed by atoms with van der Waals surface area (Å²) in [5.41, 5.74) is 1.60. The van der Waals surface area contributed by atoms with E-state index in [1.165, 1.54) is 0 Å². The van der Waals surface area contributed by atoms with Crippen LogP contribution in [0, 0.1) is 0 Å². The summed E-state index contributed by atoms with van der Waals surface area (Å²) >= 11 is 6.26. The van der Waals surface area contributed by atoms with Crippen LogP contribution in [0.1, 0.15) is 0 Å². The predicted octanol–water partition coefficient (Wildman–Crippen LogP) is 1.23. The van der Waals surface area contributed by atoms with E-state index in [-0.39, 0.29) is 0 Å². The van der Waals surface area contributed by atoms with Crippen molar-refractivity contribution in [2.24, 2.45) is 0 Å². The molecule has 8 heavy (non-hydrogen) atoms. The average molecular weight is 146 g/mol. The Morgan fingerprint density at radius 2 is 2.50 bits per heavy atom. The lowest BCUT2D eigenvalue weighted by Crippen LogP contribution is -2.23. The summed E-state index contributed by atoms with van der Waals surface area (Å²) in [6.07, 6.45) is 1.95. The number of hydrogen-bond acceptors (Lipinski definition) is 3. The van der Waals surface area contributed by atoms with E-state index >= 15 is 0 Å². The molecule has 0 aromatic heterocycles. The Hall–Kier alpha value is -0.220. The second kappa shape index (κ2) is 2.37. The van der Waals surface area contributed by atoms with Crippen molar-refractivity contribution in [2.45, 2.75) is 0 Å². The van der Waals surface area contributed by atoms with Crippen LogP contribution in [0.5, 0.6) is 0 Å². The van der Waals surface area contributed by atoms with Gasteiger partial charge in [0.25, 0.3) is 0 Å². The van der Waals surface area contributed by atoms with Crippen LogP contribution in [0.15, 0.2) is 11.6 Å². The summed E-state index contributed by atoms with van der Waals surface area (Å²) in [6, 6.07) is 0. The van der Waals surface area contributed by atoms with Crippen molar-refractivity contribution in [3.8, 4) is 0 Å². The van der Waals surface area contributed by atoms with E-state index in [0.717, 1.165) is 0 Å². The minimum absolute atomic E-state index is 1.57. The van der Waals surface area contributed by atoms with Gasteiger partial charge in [0, 0.05) is 30.6 Å². The Kier molecular flexibility index (Phi) is 1.75. The Morgan fingerprint density at radius 3 is 2.75 bits per heavy atom. The Morgan fingerprint density at radius 1 is 1.75 bits per heavy atom. The lowest BCUT2D eigenvalue weighted by molar-refractivity contribution is 0.288. The largest absolute Gasteiger partial charge is 0.285 e. The molecule has 0 aliphatic carbocycles. The number of hydrazine groups is 1. The molecule has 0 radical (unpaired) electrons. The number of hydrogen-bond donors (Lipinski definition) is 0. The van der Waals surface area contributed by atoms with Crippen LogP contribution in [0.3, 0.4) is 0 Å². The first-order valence-electron chi connectivity index (χ1n) is 2.15. The SMILES string of the molecule is CN1C=CSN1C=S. The highest BCUT2D eigenvalue weighted by Gasteiger charge is 2.06. The van der Waals surface area contributed by atoms with E-state index in [9.17, 15) is 0 Å². The molecule has 0 aromatic carbocycles. The van der Waals surface area contributed by atoms with Gasteiger partial charge in [-0.1, -0.05) is 12.2 Å². The van der Waals surface area contributed by atoms with Crippen molar-refractivity contribution in [1.82, 2.24) is 9.42 Å². The van der Waals surface area contributed by atoms with E-state index in [1.54, 1.807) is 17.4 Å². The summed E-state index contributed by atoms with van der Waals surface area (Å²) in [7, 11) is 1.94. The summed E-state index contributed by atoms with van der Waals surface area (Å²) in [5, 5.41) is 3.89. The van der Waals surface area contributed by atoms with E-state index in [2.05, 4.69) is 12.2 Å². The maximum absolute atomic E-state index is 4.69. The van der Waals surface area contributed by atoms with Gasteiger partial charge in [0.05, 0.1) is 5.49 Å². The molecule has 0 unspecified atom stereocenters. The van der Waals surface area contributed by atoms with Gasteiger partial charge in [-0.05, 0) is 0 Å². The summed E-state index contributed by atoms with van der Waals surface area (Å²) in [4.78, 5) is 0. The Balaban J connectivity index is 2.50. The van der Waals surface area contributed by atoms with Crippen molar-refractivity contribution >= 4 is 29.7 Å². The monoisotopic (exact) mass is 146 g/mol. The standard InChI is InChI=1S/C4H6N2S2/c1-5-2-3-8-6(5)4-7/h2-4H,1H3. The molecule has 4 heteroatoms. The van der Waals surface area contributed by atoms with Gasteiger partial charge in [0.15, 0.2) is 0 Å². The molecule has 0 N–H and O–H groups in total. The molecule has 44 valence electrons. The fraction of sp³-hybridized carbons (Fsp3) is 0.250. The zero-order chi connectivity index (χ0) is 5.98. The van der Waals surface area contributed by atoms with Crippen LogP contribution < -0.4 is 0 Å². The van der Waals surface area contributed by atoms with Gasteiger partial charge in [-0.25, -0.2) is 4.41 Å². The average Bonchev–Trinajstić information content (AvgIpc) is 2.14. The fourth-order valence-corrected chi connectivity index (χ4v) is 1.32. The van der Waals surface area contributed by atoms with Crippen LogP contribution >= 0.6 is 24.2 Å². The predicted molar refractivity (Wildman–Crippen MR) is 40.0 cm³/mol. The zero-order valence-electron chi connectivity index (χ0n) is 4.44. The van der Waals surface area contributed by atoms with E-state index < -0.39 is 0 Å². The smallest absolute Gasteiger partial charge is 0.0974 e. The molecule has 0 amide bonds. The van der Waals surface area contributed by atoms with Crippen molar-refractivity contribution in [3.63, 3.8) is 0 Å². The normalized spacial score (nSPS) is 17.6. The van der Waals surface area contributed by atoms with Crippen LogP contribution in [-0.4, -0.2) is 22.0 Å². The van der Waals surface area contributed by atoms with Crippen molar-refractivity contribution in [1.29, 1.82) is 0 Å². The molecular formula is C4H6N2S2. The molecule has 2 nitrogen and oxygen atoms in total. The lowest BCUT2D eigenvalue weighted by atomic mass is 10.9. The minimum atomic E-state index is 1.57. The highest BCUT2D eigenvalue weighted by atomic mass is 32.2. The summed E-state index contributed by atoms with van der Waals surface area (Å²) in [6.45, 7) is 0. The first-order valence-corrected chi connectivity index (χ1v) is 3.46. The molecule has 1 heterocycles. The first-order chi connectivity index (χ1) is 3.84. The Bertz CT molecular complexity index is 123. The third-order valence-electron chi connectivity index (χ3n) is 0.847. The van der Waals surface area contributed by atoms with Crippen molar-refractivity contribution in [2.75, 3.05) is 7.05 Å². The number of rotatable bonds is 1. The van der Waals surface area contributed by atoms with E-state index in [0.29, 0.717) is 0 Å². The fourth-order valence-electron chi connectivity index (χ4n) is 0.417. The second-order valence-electron chi connectivity index (χ2n) is 1.37. The molecule has 0 saturated heterocycles. The molecule has 1 aliphatic rings. The summed E-state index contributed by atoms with van der Waals surface area (Å²) < 4.78 is 1.86. The van der Waals surface area contributed by atoms with Crippen LogP contribution in [0.2, 0.25) is 0 Å². The first kappa shape index (κ1) is 5.91. The van der Waals surface area contributed by atoms with Gasteiger partial charge in [-0.3, -0.25) is 5.01 Å². The molecule has 0 bridgehead atoms. The highest BCUT2D eigenvalue weighted by molar-refractivity contribution is 8.01. The van der Waals surface area contributed by atoms with Gasteiger partial charge < -0.3 is 0 Å². The molecule has 0 fully saturated rings. The van der Waals surface area contributed by atoms with Crippen LogP contribution in [-0.2, 0) is 0 Å². The van der Waals surface area contributed by atoms with Crippen molar-refractivity contribution < 1.29 is 0 Å². The minimum Gasteiger partial charge on any atom is -0.285 e. The van der Waals surface area contributed by atoms with Gasteiger partial charge in [0.1, 0.15) is 0 Å². The maximum Gasteiger partial charge on any atom is 0.0974 e. The number of thiocarbonyl (C=S) groups is 1. The molecule has 0 saturated carbocycles. The third-order valence-corrected chi connectivity index (χ3v) is 2.00. The number of nitrogens with zero attached hydrogens (tertiary/aromatic N) is 2. The van der Waals surface area contributed by atoms with Crippen molar-refractivity contribution in [3.05, 3.63) is 11.6 Å². The topological polar surface area (TPSA) is 6.48 Å². The molecule has 0 aromatic rings. The van der Waals surface area contributed by atoms with Gasteiger partial charge >= 0.3 is 0 Å². The lowest BCUT2D eigenvalue weighted by Gasteiger charge is -2.18. The van der Waals surface area contributed by atoms with Crippen LogP contribution in [0.25, 0.3) is 0 Å². The maximum atomic E-state index is 4.69. The molecular weight excluding hydrogens is 140 g/mol. The molecule has 0 spiro atoms. The molecule has 1 rings (SSSR count). The zero-order valence-corrected chi connectivity index (χ0v) is 6.08.